The molecule has 0 aliphatic rings. The van der Waals surface area contributed by atoms with Crippen molar-refractivity contribution in [2.45, 2.75) is 6.18 Å². The number of alkyl halides is 3. The van der Waals surface area contributed by atoms with E-state index in [4.69, 9.17) is 0 Å². The summed E-state index contributed by atoms with van der Waals surface area (Å²) in [6.45, 7) is 7.24. The van der Waals surface area contributed by atoms with Gasteiger partial charge in [-0.05, 0) is 18.2 Å². The van der Waals surface area contributed by atoms with Crippen LogP contribution in [0.2, 0.25) is 0 Å². The van der Waals surface area contributed by atoms with Crippen LogP contribution in [0.1, 0.15) is 15.9 Å². The third-order valence-electron chi connectivity index (χ3n) is 2.50. The second-order valence-electron chi connectivity index (χ2n) is 3.98. The van der Waals surface area contributed by atoms with Gasteiger partial charge in [0.1, 0.15) is 5.82 Å². The molecule has 0 heterocycles. The first-order chi connectivity index (χ1) is 9.31. The Bertz CT molecular complexity index is 512. The Morgan fingerprint density at radius 3 is 2.20 bits per heavy atom. The van der Waals surface area contributed by atoms with Crippen LogP contribution < -0.4 is 0 Å². The summed E-state index contributed by atoms with van der Waals surface area (Å²) < 4.78 is 50.9. The molecule has 1 rings (SSSR count). The number of hydrogen-bond donors (Lipinski definition) is 0. The summed E-state index contributed by atoms with van der Waals surface area (Å²) in [5.41, 5.74) is -1.69. The minimum Gasteiger partial charge on any atom is -0.331 e. The SMILES string of the molecule is C=CCN(CC=C)C(=O)c1ccc(F)c(C(F)(F)F)c1. The van der Waals surface area contributed by atoms with Gasteiger partial charge in [0.2, 0.25) is 0 Å². The average molecular weight is 287 g/mol. The fourth-order valence-corrected chi connectivity index (χ4v) is 1.61. The van der Waals surface area contributed by atoms with Crippen molar-refractivity contribution in [1.82, 2.24) is 4.90 Å². The standard InChI is InChI=1S/C14H13F4NO/c1-3-7-19(8-4-2)13(20)10-5-6-12(15)11(9-10)14(16,17)18/h3-6,9H,1-2,7-8H2. The van der Waals surface area contributed by atoms with Gasteiger partial charge in [0, 0.05) is 18.7 Å². The van der Waals surface area contributed by atoms with Crippen molar-refractivity contribution >= 4 is 5.91 Å². The van der Waals surface area contributed by atoms with Crippen LogP contribution in [0.15, 0.2) is 43.5 Å². The van der Waals surface area contributed by atoms with Gasteiger partial charge in [-0.1, -0.05) is 12.2 Å². The van der Waals surface area contributed by atoms with Gasteiger partial charge in [0.25, 0.3) is 5.91 Å². The molecule has 0 saturated carbocycles. The van der Waals surface area contributed by atoms with Gasteiger partial charge in [-0.2, -0.15) is 13.2 Å². The molecule has 20 heavy (non-hydrogen) atoms. The fraction of sp³-hybridized carbons (Fsp3) is 0.214. The van der Waals surface area contributed by atoms with Crippen LogP contribution in [0.5, 0.6) is 0 Å². The number of carbonyl (C=O) groups excluding carboxylic acids is 1. The van der Waals surface area contributed by atoms with Crippen molar-refractivity contribution in [2.75, 3.05) is 13.1 Å². The predicted octanol–water partition coefficient (Wildman–Crippen LogP) is 3.66. The second kappa shape index (κ2) is 6.36. The van der Waals surface area contributed by atoms with Gasteiger partial charge in [-0.3, -0.25) is 4.79 Å². The molecule has 1 aromatic rings. The van der Waals surface area contributed by atoms with Crippen molar-refractivity contribution in [2.24, 2.45) is 0 Å². The van der Waals surface area contributed by atoms with E-state index in [1.165, 1.54) is 17.1 Å². The Morgan fingerprint density at radius 1 is 1.20 bits per heavy atom. The van der Waals surface area contributed by atoms with Crippen LogP contribution in [-0.4, -0.2) is 23.9 Å². The molecular formula is C14H13F4NO. The summed E-state index contributed by atoms with van der Waals surface area (Å²) in [6, 6.07) is 2.17. The molecule has 0 saturated heterocycles. The van der Waals surface area contributed by atoms with E-state index in [-0.39, 0.29) is 18.7 Å². The monoisotopic (exact) mass is 287 g/mol. The molecule has 1 aromatic carbocycles. The minimum atomic E-state index is -4.85. The molecule has 1 amide bonds. The highest BCUT2D eigenvalue weighted by atomic mass is 19.4. The summed E-state index contributed by atoms with van der Waals surface area (Å²) in [4.78, 5) is 13.3. The molecule has 0 atom stereocenters. The van der Waals surface area contributed by atoms with E-state index >= 15 is 0 Å². The average Bonchev–Trinajstić information content (AvgIpc) is 2.37. The topological polar surface area (TPSA) is 20.3 Å². The lowest BCUT2D eigenvalue weighted by molar-refractivity contribution is -0.140. The third-order valence-corrected chi connectivity index (χ3v) is 2.50. The zero-order valence-corrected chi connectivity index (χ0v) is 10.6. The first-order valence-corrected chi connectivity index (χ1v) is 5.69. The van der Waals surface area contributed by atoms with Gasteiger partial charge in [-0.15, -0.1) is 13.2 Å². The van der Waals surface area contributed by atoms with Crippen molar-refractivity contribution in [3.8, 4) is 0 Å². The molecule has 0 aromatic heterocycles. The normalized spacial score (nSPS) is 11.0. The van der Waals surface area contributed by atoms with E-state index in [1.807, 2.05) is 0 Å². The molecule has 0 aliphatic heterocycles. The predicted molar refractivity (Wildman–Crippen MR) is 67.7 cm³/mol. The van der Waals surface area contributed by atoms with Gasteiger partial charge < -0.3 is 4.90 Å². The molecule has 0 aliphatic carbocycles. The van der Waals surface area contributed by atoms with E-state index < -0.39 is 23.5 Å². The Hall–Kier alpha value is -2.11. The number of nitrogens with zero attached hydrogens (tertiary/aromatic N) is 1. The van der Waals surface area contributed by atoms with Crippen LogP contribution in [0.4, 0.5) is 17.6 Å². The fourth-order valence-electron chi connectivity index (χ4n) is 1.61. The van der Waals surface area contributed by atoms with E-state index in [0.29, 0.717) is 12.1 Å². The van der Waals surface area contributed by atoms with Gasteiger partial charge in [0.15, 0.2) is 0 Å². The number of amides is 1. The summed E-state index contributed by atoms with van der Waals surface area (Å²) in [5, 5.41) is 0. The molecule has 0 radical (unpaired) electrons. The molecule has 0 N–H and O–H groups in total. The summed E-state index contributed by atoms with van der Waals surface area (Å²) >= 11 is 0. The summed E-state index contributed by atoms with van der Waals surface area (Å²) in [6.07, 6.45) is -1.97. The molecule has 6 heteroatoms. The molecule has 0 spiro atoms. The van der Waals surface area contributed by atoms with E-state index in [9.17, 15) is 22.4 Å². The van der Waals surface area contributed by atoms with Crippen LogP contribution in [0, 0.1) is 5.82 Å². The number of hydrogen-bond acceptors (Lipinski definition) is 1. The lowest BCUT2D eigenvalue weighted by atomic mass is 10.1. The molecule has 108 valence electrons. The highest BCUT2D eigenvalue weighted by Gasteiger charge is 2.34. The quantitative estimate of drug-likeness (QED) is 0.598. The Labute approximate surface area is 114 Å². The first kappa shape index (κ1) is 15.9. The minimum absolute atomic E-state index is 0.156. The van der Waals surface area contributed by atoms with Crippen LogP contribution in [-0.2, 0) is 6.18 Å². The van der Waals surface area contributed by atoms with Crippen molar-refractivity contribution in [3.63, 3.8) is 0 Å². The maximum absolute atomic E-state index is 13.1. The molecule has 0 unspecified atom stereocenters. The van der Waals surface area contributed by atoms with E-state index in [0.717, 1.165) is 6.07 Å². The van der Waals surface area contributed by atoms with Crippen molar-refractivity contribution < 1.29 is 22.4 Å². The maximum atomic E-state index is 13.1. The molecular weight excluding hydrogens is 274 g/mol. The third kappa shape index (κ3) is 3.69. The molecule has 2 nitrogen and oxygen atoms in total. The number of benzene rings is 1. The van der Waals surface area contributed by atoms with Crippen LogP contribution in [0.25, 0.3) is 0 Å². The van der Waals surface area contributed by atoms with E-state index in [2.05, 4.69) is 13.2 Å². The second-order valence-corrected chi connectivity index (χ2v) is 3.98. The molecule has 0 fully saturated rings. The van der Waals surface area contributed by atoms with Gasteiger partial charge >= 0.3 is 6.18 Å². The Kier molecular flexibility index (Phi) is 5.07. The number of halogens is 4. The number of rotatable bonds is 5. The summed E-state index contributed by atoms with van der Waals surface area (Å²) in [7, 11) is 0. The van der Waals surface area contributed by atoms with E-state index in [1.54, 1.807) is 0 Å². The van der Waals surface area contributed by atoms with Crippen LogP contribution >= 0.6 is 0 Å². The van der Waals surface area contributed by atoms with Crippen molar-refractivity contribution in [3.05, 3.63) is 60.5 Å². The van der Waals surface area contributed by atoms with Crippen molar-refractivity contribution in [1.29, 1.82) is 0 Å². The largest absolute Gasteiger partial charge is 0.419 e. The Balaban J connectivity index is 3.16. The molecule has 0 bridgehead atoms. The highest BCUT2D eigenvalue weighted by Crippen LogP contribution is 2.32. The number of carbonyl (C=O) groups is 1. The zero-order chi connectivity index (χ0) is 15.3. The lowest BCUT2D eigenvalue weighted by Gasteiger charge is -2.20. The maximum Gasteiger partial charge on any atom is 0.419 e. The zero-order valence-electron chi connectivity index (χ0n) is 10.6. The van der Waals surface area contributed by atoms with Crippen LogP contribution in [0.3, 0.4) is 0 Å². The highest BCUT2D eigenvalue weighted by molar-refractivity contribution is 5.94. The Morgan fingerprint density at radius 2 is 1.75 bits per heavy atom. The first-order valence-electron chi connectivity index (χ1n) is 5.69. The van der Waals surface area contributed by atoms with Gasteiger partial charge in [-0.25, -0.2) is 4.39 Å². The lowest BCUT2D eigenvalue weighted by Crippen LogP contribution is -2.31. The smallest absolute Gasteiger partial charge is 0.331 e. The van der Waals surface area contributed by atoms with Gasteiger partial charge in [0.05, 0.1) is 5.56 Å². The summed E-state index contributed by atoms with van der Waals surface area (Å²) in [5.74, 6) is -2.05.